The molecule has 0 heterocycles. The standard InChI is InChI=1S/C9H11N2O/c10-6-9(12)11-7-8-4-2-1-3-5-8/h1-4H,6-7,10H2,(H,11,12). The van der Waals surface area contributed by atoms with Crippen LogP contribution in [0.4, 0.5) is 0 Å². The van der Waals surface area contributed by atoms with Gasteiger partial charge in [-0.1, -0.05) is 24.3 Å². The number of hydrogen-bond acceptors (Lipinski definition) is 2. The highest BCUT2D eigenvalue weighted by Gasteiger charge is 1.95. The van der Waals surface area contributed by atoms with Crippen molar-refractivity contribution in [2.75, 3.05) is 6.54 Å². The molecule has 1 radical (unpaired) electrons. The molecule has 0 spiro atoms. The van der Waals surface area contributed by atoms with Crippen LogP contribution >= 0.6 is 0 Å². The van der Waals surface area contributed by atoms with E-state index in [9.17, 15) is 4.79 Å². The predicted octanol–water partition coefficient (Wildman–Crippen LogP) is 0.0617. The molecular weight excluding hydrogens is 152 g/mol. The van der Waals surface area contributed by atoms with E-state index in [1.807, 2.05) is 24.3 Å². The minimum atomic E-state index is -0.146. The molecule has 3 nitrogen and oxygen atoms in total. The monoisotopic (exact) mass is 163 g/mol. The fourth-order valence-electron chi connectivity index (χ4n) is 0.806. The van der Waals surface area contributed by atoms with E-state index in [2.05, 4.69) is 11.4 Å². The molecule has 0 aliphatic carbocycles. The van der Waals surface area contributed by atoms with Crippen LogP contribution in [0.15, 0.2) is 24.3 Å². The van der Waals surface area contributed by atoms with Gasteiger partial charge in [0.2, 0.25) is 5.91 Å². The summed E-state index contributed by atoms with van der Waals surface area (Å²) >= 11 is 0. The first kappa shape index (κ1) is 8.74. The van der Waals surface area contributed by atoms with Crippen LogP contribution in [0.1, 0.15) is 5.56 Å². The molecule has 0 bridgehead atoms. The Balaban J connectivity index is 2.38. The molecule has 0 saturated carbocycles. The Morgan fingerprint density at radius 2 is 2.42 bits per heavy atom. The number of carbonyl (C=O) groups is 1. The summed E-state index contributed by atoms with van der Waals surface area (Å²) in [5, 5.41) is 2.65. The van der Waals surface area contributed by atoms with Crippen molar-refractivity contribution < 1.29 is 4.79 Å². The Morgan fingerprint density at radius 1 is 1.58 bits per heavy atom. The lowest BCUT2D eigenvalue weighted by Gasteiger charge is -2.01. The molecule has 1 rings (SSSR count). The van der Waals surface area contributed by atoms with E-state index in [-0.39, 0.29) is 12.5 Å². The third kappa shape index (κ3) is 2.72. The molecule has 0 atom stereocenters. The van der Waals surface area contributed by atoms with Crippen molar-refractivity contribution in [1.82, 2.24) is 5.32 Å². The number of nitrogens with two attached hydrogens (primary N) is 1. The van der Waals surface area contributed by atoms with Crippen molar-refractivity contribution >= 4 is 5.91 Å². The second-order valence-electron chi connectivity index (χ2n) is 2.37. The third-order valence-corrected chi connectivity index (χ3v) is 1.43. The maximum Gasteiger partial charge on any atom is 0.234 e. The molecule has 0 fully saturated rings. The van der Waals surface area contributed by atoms with E-state index in [1.165, 1.54) is 0 Å². The number of amides is 1. The van der Waals surface area contributed by atoms with Crippen LogP contribution in [0.2, 0.25) is 0 Å². The minimum absolute atomic E-state index is 0.0346. The van der Waals surface area contributed by atoms with Crippen LogP contribution in [0, 0.1) is 6.07 Å². The molecule has 12 heavy (non-hydrogen) atoms. The number of benzene rings is 1. The Morgan fingerprint density at radius 3 is 3.00 bits per heavy atom. The molecule has 1 aromatic rings. The highest BCUT2D eigenvalue weighted by molar-refractivity contribution is 5.77. The van der Waals surface area contributed by atoms with Crippen molar-refractivity contribution in [1.29, 1.82) is 0 Å². The van der Waals surface area contributed by atoms with Crippen LogP contribution in [0.3, 0.4) is 0 Å². The van der Waals surface area contributed by atoms with Gasteiger partial charge in [0.25, 0.3) is 0 Å². The largest absolute Gasteiger partial charge is 0.351 e. The van der Waals surface area contributed by atoms with Gasteiger partial charge in [0.05, 0.1) is 6.54 Å². The lowest BCUT2D eigenvalue weighted by atomic mass is 10.2. The summed E-state index contributed by atoms with van der Waals surface area (Å²) in [5.74, 6) is -0.146. The van der Waals surface area contributed by atoms with Crippen molar-refractivity contribution in [3.05, 3.63) is 35.9 Å². The van der Waals surface area contributed by atoms with E-state index in [1.54, 1.807) is 0 Å². The number of nitrogens with one attached hydrogen (secondary N) is 1. The predicted molar refractivity (Wildman–Crippen MR) is 46.2 cm³/mol. The van der Waals surface area contributed by atoms with Gasteiger partial charge in [0, 0.05) is 6.54 Å². The minimum Gasteiger partial charge on any atom is -0.351 e. The maximum absolute atomic E-state index is 10.7. The molecule has 0 aliphatic heterocycles. The van der Waals surface area contributed by atoms with Gasteiger partial charge < -0.3 is 11.1 Å². The number of rotatable bonds is 3. The zero-order valence-corrected chi connectivity index (χ0v) is 6.71. The Bertz CT molecular complexity index is 246. The van der Waals surface area contributed by atoms with Crippen molar-refractivity contribution in [3.8, 4) is 0 Å². The van der Waals surface area contributed by atoms with Gasteiger partial charge in [0.15, 0.2) is 0 Å². The summed E-state index contributed by atoms with van der Waals surface area (Å²) in [6, 6.07) is 10.5. The van der Waals surface area contributed by atoms with E-state index >= 15 is 0 Å². The molecule has 1 amide bonds. The maximum atomic E-state index is 10.7. The molecule has 3 N–H and O–H groups in total. The summed E-state index contributed by atoms with van der Waals surface area (Å²) in [6.45, 7) is 0.531. The fourth-order valence-corrected chi connectivity index (χ4v) is 0.806. The van der Waals surface area contributed by atoms with Gasteiger partial charge in [-0.2, -0.15) is 0 Å². The zero-order valence-electron chi connectivity index (χ0n) is 6.71. The van der Waals surface area contributed by atoms with Crippen molar-refractivity contribution in [2.24, 2.45) is 5.73 Å². The topological polar surface area (TPSA) is 55.1 Å². The highest BCUT2D eigenvalue weighted by atomic mass is 16.1. The van der Waals surface area contributed by atoms with Crippen molar-refractivity contribution in [3.63, 3.8) is 0 Å². The van der Waals surface area contributed by atoms with Gasteiger partial charge in [-0.15, -0.1) is 0 Å². The van der Waals surface area contributed by atoms with Crippen LogP contribution in [0.25, 0.3) is 0 Å². The second-order valence-corrected chi connectivity index (χ2v) is 2.37. The second kappa shape index (κ2) is 4.51. The third-order valence-electron chi connectivity index (χ3n) is 1.43. The van der Waals surface area contributed by atoms with Crippen LogP contribution in [-0.2, 0) is 11.3 Å². The Hall–Kier alpha value is -1.35. The van der Waals surface area contributed by atoms with E-state index in [0.29, 0.717) is 6.54 Å². The van der Waals surface area contributed by atoms with Gasteiger partial charge in [-0.25, -0.2) is 0 Å². The molecular formula is C9H11N2O. The molecule has 0 aliphatic rings. The molecule has 3 heteroatoms. The Labute approximate surface area is 71.6 Å². The normalized spacial score (nSPS) is 9.42. The van der Waals surface area contributed by atoms with E-state index in [4.69, 9.17) is 5.73 Å². The fraction of sp³-hybridized carbons (Fsp3) is 0.222. The molecule has 63 valence electrons. The summed E-state index contributed by atoms with van der Waals surface area (Å²) in [6.07, 6.45) is 0. The van der Waals surface area contributed by atoms with Gasteiger partial charge in [-0.05, 0) is 11.6 Å². The van der Waals surface area contributed by atoms with Crippen LogP contribution in [0.5, 0.6) is 0 Å². The summed E-state index contributed by atoms with van der Waals surface area (Å²) in [5.41, 5.74) is 6.07. The highest BCUT2D eigenvalue weighted by Crippen LogP contribution is 1.95. The van der Waals surface area contributed by atoms with Crippen molar-refractivity contribution in [2.45, 2.75) is 6.54 Å². The molecule has 0 saturated heterocycles. The Kier molecular flexibility index (Phi) is 3.29. The first-order valence-electron chi connectivity index (χ1n) is 3.75. The average molecular weight is 163 g/mol. The summed E-state index contributed by atoms with van der Waals surface area (Å²) in [4.78, 5) is 10.7. The first-order chi connectivity index (χ1) is 5.83. The lowest BCUT2D eigenvalue weighted by molar-refractivity contribution is -0.119. The summed E-state index contributed by atoms with van der Waals surface area (Å²) < 4.78 is 0. The number of hydrogen-bond donors (Lipinski definition) is 2. The zero-order chi connectivity index (χ0) is 8.81. The number of carbonyl (C=O) groups excluding carboxylic acids is 1. The average Bonchev–Trinajstić information content (AvgIpc) is 2.16. The lowest BCUT2D eigenvalue weighted by Crippen LogP contribution is -2.29. The summed E-state index contributed by atoms with van der Waals surface area (Å²) in [7, 11) is 0. The van der Waals surface area contributed by atoms with Gasteiger partial charge in [0.1, 0.15) is 0 Å². The smallest absolute Gasteiger partial charge is 0.234 e. The SMILES string of the molecule is NCC(=O)NCc1[c]cccc1. The quantitative estimate of drug-likeness (QED) is 0.662. The van der Waals surface area contributed by atoms with Gasteiger partial charge in [-0.3, -0.25) is 4.79 Å². The molecule has 0 aromatic heterocycles. The molecule has 1 aromatic carbocycles. The first-order valence-corrected chi connectivity index (χ1v) is 3.75. The molecule has 0 unspecified atom stereocenters. The van der Waals surface area contributed by atoms with E-state index in [0.717, 1.165) is 5.56 Å². The van der Waals surface area contributed by atoms with Crippen LogP contribution < -0.4 is 11.1 Å². The van der Waals surface area contributed by atoms with E-state index < -0.39 is 0 Å². The van der Waals surface area contributed by atoms with Crippen LogP contribution in [-0.4, -0.2) is 12.5 Å². The van der Waals surface area contributed by atoms with Gasteiger partial charge >= 0.3 is 0 Å².